The molecule has 22 heavy (non-hydrogen) atoms. The van der Waals surface area contributed by atoms with Crippen LogP contribution in [0.2, 0.25) is 0 Å². The lowest BCUT2D eigenvalue weighted by molar-refractivity contribution is 0.0945. The minimum atomic E-state index is -0.221. The molecule has 2 aromatic rings. The molecule has 114 valence electrons. The van der Waals surface area contributed by atoms with E-state index in [4.69, 9.17) is 0 Å². The van der Waals surface area contributed by atoms with Gasteiger partial charge >= 0.3 is 0 Å². The maximum atomic E-state index is 12.1. The molecule has 0 saturated carbocycles. The van der Waals surface area contributed by atoms with Gasteiger partial charge in [0.15, 0.2) is 11.5 Å². The molecule has 0 radical (unpaired) electrons. The van der Waals surface area contributed by atoms with Gasteiger partial charge in [-0.05, 0) is 43.0 Å². The van der Waals surface area contributed by atoms with E-state index in [1.54, 1.807) is 18.5 Å². The predicted molar refractivity (Wildman–Crippen MR) is 83.5 cm³/mol. The van der Waals surface area contributed by atoms with Crippen molar-refractivity contribution in [1.82, 2.24) is 20.5 Å². The number of anilines is 1. The third-order valence-corrected chi connectivity index (χ3v) is 3.74. The zero-order valence-electron chi connectivity index (χ0n) is 12.4. The lowest BCUT2D eigenvalue weighted by atomic mass is 10.1. The highest BCUT2D eigenvalue weighted by molar-refractivity contribution is 5.92. The summed E-state index contributed by atoms with van der Waals surface area (Å²) in [4.78, 5) is 18.3. The molecular weight excluding hydrogens is 278 g/mol. The van der Waals surface area contributed by atoms with Gasteiger partial charge in [0.2, 0.25) is 0 Å². The number of piperidine rings is 1. The van der Waals surface area contributed by atoms with Crippen LogP contribution in [-0.4, -0.2) is 34.2 Å². The molecule has 0 spiro atoms. The lowest BCUT2D eigenvalue weighted by Gasteiger charge is -2.27. The normalized spacial score (nSPS) is 14.6. The SMILES string of the molecule is O=C(NCc1cccnc1)c1ccc(N2CCCCC2)nn1. The van der Waals surface area contributed by atoms with Crippen LogP contribution in [0, 0.1) is 0 Å². The highest BCUT2D eigenvalue weighted by Gasteiger charge is 2.14. The van der Waals surface area contributed by atoms with Gasteiger partial charge in [-0.2, -0.15) is 0 Å². The number of hydrogen-bond acceptors (Lipinski definition) is 5. The average Bonchev–Trinajstić information content (AvgIpc) is 2.61. The summed E-state index contributed by atoms with van der Waals surface area (Å²) in [5.74, 6) is 0.630. The Morgan fingerprint density at radius 3 is 2.68 bits per heavy atom. The Labute approximate surface area is 129 Å². The lowest BCUT2D eigenvalue weighted by Crippen LogP contribution is -2.31. The van der Waals surface area contributed by atoms with Gasteiger partial charge in [0.1, 0.15) is 0 Å². The van der Waals surface area contributed by atoms with Crippen molar-refractivity contribution >= 4 is 11.7 Å². The van der Waals surface area contributed by atoms with Crippen molar-refractivity contribution in [3.05, 3.63) is 47.9 Å². The standard InChI is InChI=1S/C16H19N5O/c22-16(18-12-13-5-4-8-17-11-13)14-6-7-15(20-19-14)21-9-2-1-3-10-21/h4-8,11H,1-3,9-10,12H2,(H,18,22). The van der Waals surface area contributed by atoms with E-state index >= 15 is 0 Å². The Balaban J connectivity index is 1.58. The quantitative estimate of drug-likeness (QED) is 0.931. The van der Waals surface area contributed by atoms with Crippen LogP contribution in [0.5, 0.6) is 0 Å². The van der Waals surface area contributed by atoms with Crippen molar-refractivity contribution in [2.24, 2.45) is 0 Å². The van der Waals surface area contributed by atoms with Crippen LogP contribution in [0.15, 0.2) is 36.7 Å². The average molecular weight is 297 g/mol. The molecule has 3 rings (SSSR count). The second-order valence-corrected chi connectivity index (χ2v) is 5.37. The molecule has 1 amide bonds. The first-order valence-corrected chi connectivity index (χ1v) is 7.59. The monoisotopic (exact) mass is 297 g/mol. The van der Waals surface area contributed by atoms with Crippen LogP contribution in [0.4, 0.5) is 5.82 Å². The second kappa shape index (κ2) is 6.98. The van der Waals surface area contributed by atoms with E-state index in [0.717, 1.165) is 24.5 Å². The number of pyridine rings is 1. The number of aromatic nitrogens is 3. The van der Waals surface area contributed by atoms with Gasteiger partial charge in [-0.25, -0.2) is 0 Å². The fraction of sp³-hybridized carbons (Fsp3) is 0.375. The zero-order chi connectivity index (χ0) is 15.2. The minimum Gasteiger partial charge on any atom is -0.355 e. The molecule has 0 unspecified atom stereocenters. The fourth-order valence-electron chi connectivity index (χ4n) is 2.51. The largest absolute Gasteiger partial charge is 0.355 e. The molecule has 0 aliphatic carbocycles. The van der Waals surface area contributed by atoms with Gasteiger partial charge in [0.05, 0.1) is 0 Å². The maximum Gasteiger partial charge on any atom is 0.272 e. The molecule has 1 aliphatic heterocycles. The zero-order valence-corrected chi connectivity index (χ0v) is 12.4. The molecular formula is C16H19N5O. The van der Waals surface area contributed by atoms with E-state index in [0.29, 0.717) is 12.2 Å². The first kappa shape index (κ1) is 14.4. The van der Waals surface area contributed by atoms with Crippen LogP contribution >= 0.6 is 0 Å². The Bertz CT molecular complexity index is 608. The van der Waals surface area contributed by atoms with E-state index in [9.17, 15) is 4.79 Å². The summed E-state index contributed by atoms with van der Waals surface area (Å²) in [5, 5.41) is 11.0. The molecule has 1 N–H and O–H groups in total. The van der Waals surface area contributed by atoms with Gasteiger partial charge < -0.3 is 10.2 Å². The summed E-state index contributed by atoms with van der Waals surface area (Å²) in [6.45, 7) is 2.46. The van der Waals surface area contributed by atoms with E-state index in [-0.39, 0.29) is 5.91 Å². The summed E-state index contributed by atoms with van der Waals surface area (Å²) in [6.07, 6.45) is 7.09. The number of rotatable bonds is 4. The molecule has 1 aliphatic rings. The fourth-order valence-corrected chi connectivity index (χ4v) is 2.51. The molecule has 1 saturated heterocycles. The third-order valence-electron chi connectivity index (χ3n) is 3.74. The van der Waals surface area contributed by atoms with Crippen molar-refractivity contribution in [3.63, 3.8) is 0 Å². The van der Waals surface area contributed by atoms with Crippen LogP contribution in [0.3, 0.4) is 0 Å². The number of hydrogen-bond donors (Lipinski definition) is 1. The van der Waals surface area contributed by atoms with Gasteiger partial charge in [0, 0.05) is 32.0 Å². The molecule has 6 nitrogen and oxygen atoms in total. The predicted octanol–water partition coefficient (Wildman–Crippen LogP) is 1.79. The molecule has 2 aromatic heterocycles. The molecule has 6 heteroatoms. The topological polar surface area (TPSA) is 71.0 Å². The van der Waals surface area contributed by atoms with E-state index in [2.05, 4.69) is 25.4 Å². The van der Waals surface area contributed by atoms with Crippen molar-refractivity contribution in [2.75, 3.05) is 18.0 Å². The summed E-state index contributed by atoms with van der Waals surface area (Å²) in [6, 6.07) is 7.36. The van der Waals surface area contributed by atoms with Crippen molar-refractivity contribution in [3.8, 4) is 0 Å². The number of nitrogens with zero attached hydrogens (tertiary/aromatic N) is 4. The first-order valence-electron chi connectivity index (χ1n) is 7.59. The Morgan fingerprint density at radius 2 is 2.00 bits per heavy atom. The Hall–Kier alpha value is -2.50. The van der Waals surface area contributed by atoms with Crippen LogP contribution in [-0.2, 0) is 6.54 Å². The second-order valence-electron chi connectivity index (χ2n) is 5.37. The van der Waals surface area contributed by atoms with E-state index in [1.165, 1.54) is 19.3 Å². The highest BCUT2D eigenvalue weighted by atomic mass is 16.1. The molecule has 3 heterocycles. The molecule has 1 fully saturated rings. The molecule has 0 bridgehead atoms. The summed E-state index contributed by atoms with van der Waals surface area (Å²) in [7, 11) is 0. The van der Waals surface area contributed by atoms with Crippen LogP contribution < -0.4 is 10.2 Å². The van der Waals surface area contributed by atoms with Crippen LogP contribution in [0.25, 0.3) is 0 Å². The van der Waals surface area contributed by atoms with Gasteiger partial charge in [-0.1, -0.05) is 6.07 Å². The highest BCUT2D eigenvalue weighted by Crippen LogP contribution is 2.16. The van der Waals surface area contributed by atoms with Crippen molar-refractivity contribution in [1.29, 1.82) is 0 Å². The Morgan fingerprint density at radius 1 is 1.14 bits per heavy atom. The van der Waals surface area contributed by atoms with Crippen LogP contribution in [0.1, 0.15) is 35.3 Å². The molecule has 0 aromatic carbocycles. The van der Waals surface area contributed by atoms with Gasteiger partial charge in [-0.3, -0.25) is 9.78 Å². The summed E-state index contributed by atoms with van der Waals surface area (Å²) < 4.78 is 0. The van der Waals surface area contributed by atoms with E-state index in [1.807, 2.05) is 18.2 Å². The van der Waals surface area contributed by atoms with Gasteiger partial charge in [-0.15, -0.1) is 10.2 Å². The van der Waals surface area contributed by atoms with Gasteiger partial charge in [0.25, 0.3) is 5.91 Å². The number of nitrogens with one attached hydrogen (secondary N) is 1. The van der Waals surface area contributed by atoms with Crippen molar-refractivity contribution < 1.29 is 4.79 Å². The smallest absolute Gasteiger partial charge is 0.272 e. The summed E-state index contributed by atoms with van der Waals surface area (Å²) in [5.41, 5.74) is 1.29. The van der Waals surface area contributed by atoms with Crippen molar-refractivity contribution in [2.45, 2.75) is 25.8 Å². The minimum absolute atomic E-state index is 0.221. The molecule has 0 atom stereocenters. The third kappa shape index (κ3) is 3.58. The summed E-state index contributed by atoms with van der Waals surface area (Å²) >= 11 is 0. The number of amides is 1. The Kier molecular flexibility index (Phi) is 4.58. The number of carbonyl (C=O) groups is 1. The van der Waals surface area contributed by atoms with E-state index < -0.39 is 0 Å². The number of carbonyl (C=O) groups excluding carboxylic acids is 1. The maximum absolute atomic E-state index is 12.1. The first-order chi connectivity index (χ1) is 10.8.